The van der Waals surface area contributed by atoms with Crippen molar-refractivity contribution in [2.45, 2.75) is 18.4 Å². The van der Waals surface area contributed by atoms with Crippen LogP contribution >= 0.6 is 24.0 Å². The number of aliphatic imine (C=N–C) groups is 1. The van der Waals surface area contributed by atoms with E-state index in [9.17, 15) is 4.39 Å². The summed E-state index contributed by atoms with van der Waals surface area (Å²) in [5, 5.41) is 3.05. The highest BCUT2D eigenvalue weighted by molar-refractivity contribution is 14.0. The molecule has 0 saturated heterocycles. The molecule has 0 aliphatic heterocycles. The van der Waals surface area contributed by atoms with Crippen LogP contribution in [0.3, 0.4) is 0 Å². The second-order valence-corrected chi connectivity index (χ2v) is 5.67. The van der Waals surface area contributed by atoms with Crippen LogP contribution in [0.5, 0.6) is 11.5 Å². The van der Waals surface area contributed by atoms with Crippen molar-refractivity contribution in [3.05, 3.63) is 53.8 Å². The molecule has 1 aliphatic carbocycles. The fraction of sp³-hybridized carbons (Fsp3) is 0.278. The SMILES string of the molecule is COc1ccc(NC(N)=N[C@@H]2C[C@H]2c2ccc(F)cc2)cc1OC.I. The number of anilines is 1. The Labute approximate surface area is 163 Å². The number of rotatable bonds is 5. The van der Waals surface area contributed by atoms with Gasteiger partial charge < -0.3 is 20.5 Å². The van der Waals surface area contributed by atoms with Crippen LogP contribution in [0.4, 0.5) is 10.1 Å². The lowest BCUT2D eigenvalue weighted by atomic mass is 10.1. The summed E-state index contributed by atoms with van der Waals surface area (Å²) in [5.41, 5.74) is 7.84. The van der Waals surface area contributed by atoms with Crippen LogP contribution in [0.25, 0.3) is 0 Å². The third-order valence-corrected chi connectivity index (χ3v) is 4.02. The van der Waals surface area contributed by atoms with Gasteiger partial charge in [0.05, 0.1) is 20.3 Å². The molecule has 2 atom stereocenters. The van der Waals surface area contributed by atoms with Crippen LogP contribution in [-0.4, -0.2) is 26.2 Å². The van der Waals surface area contributed by atoms with Crippen molar-refractivity contribution in [2.75, 3.05) is 19.5 Å². The molecule has 7 heteroatoms. The standard InChI is InChI=1S/C18H20FN3O2.HI/c1-23-16-8-7-13(9-17(16)24-2)21-18(20)22-15-10-14(15)11-3-5-12(19)6-4-11;/h3-9,14-15H,10H2,1-2H3,(H3,20,21,22);1H/t14-,15+;/m0./s1. The first-order chi connectivity index (χ1) is 11.6. The minimum atomic E-state index is -0.228. The van der Waals surface area contributed by atoms with E-state index < -0.39 is 0 Å². The van der Waals surface area contributed by atoms with Gasteiger partial charge in [-0.1, -0.05) is 12.1 Å². The fourth-order valence-electron chi connectivity index (χ4n) is 2.67. The summed E-state index contributed by atoms with van der Waals surface area (Å²) in [6, 6.07) is 12.1. The second-order valence-electron chi connectivity index (χ2n) is 5.67. The Kier molecular flexibility index (Phi) is 6.46. The predicted molar refractivity (Wildman–Crippen MR) is 108 cm³/mol. The van der Waals surface area contributed by atoms with Crippen molar-refractivity contribution >= 4 is 35.6 Å². The van der Waals surface area contributed by atoms with E-state index in [-0.39, 0.29) is 35.8 Å². The van der Waals surface area contributed by atoms with E-state index in [2.05, 4.69) is 10.3 Å². The van der Waals surface area contributed by atoms with E-state index in [0.29, 0.717) is 23.4 Å². The molecule has 0 amide bonds. The third-order valence-electron chi connectivity index (χ3n) is 4.02. The van der Waals surface area contributed by atoms with Crippen molar-refractivity contribution in [1.82, 2.24) is 0 Å². The highest BCUT2D eigenvalue weighted by Crippen LogP contribution is 2.43. The first kappa shape index (κ1) is 19.3. The Morgan fingerprint density at radius 1 is 1.12 bits per heavy atom. The van der Waals surface area contributed by atoms with Crippen LogP contribution < -0.4 is 20.5 Å². The summed E-state index contributed by atoms with van der Waals surface area (Å²) in [7, 11) is 3.17. The zero-order valence-electron chi connectivity index (χ0n) is 14.0. The van der Waals surface area contributed by atoms with Gasteiger partial charge >= 0.3 is 0 Å². The number of benzene rings is 2. The van der Waals surface area contributed by atoms with Gasteiger partial charge in [-0.2, -0.15) is 0 Å². The molecule has 1 saturated carbocycles. The minimum Gasteiger partial charge on any atom is -0.493 e. The average molecular weight is 457 g/mol. The van der Waals surface area contributed by atoms with Gasteiger partial charge in [0, 0.05) is 17.7 Å². The van der Waals surface area contributed by atoms with Gasteiger partial charge in [0.25, 0.3) is 0 Å². The van der Waals surface area contributed by atoms with Gasteiger partial charge in [0.15, 0.2) is 17.5 Å². The second kappa shape index (κ2) is 8.37. The molecule has 3 N–H and O–H groups in total. The van der Waals surface area contributed by atoms with E-state index >= 15 is 0 Å². The molecule has 0 heterocycles. The molecule has 0 aromatic heterocycles. The Balaban J connectivity index is 0.00000225. The van der Waals surface area contributed by atoms with E-state index in [1.807, 2.05) is 6.07 Å². The normalized spacial score (nSPS) is 18.9. The molecule has 2 aromatic rings. The highest BCUT2D eigenvalue weighted by atomic mass is 127. The van der Waals surface area contributed by atoms with Crippen LogP contribution in [0.15, 0.2) is 47.5 Å². The summed E-state index contributed by atoms with van der Waals surface area (Å²) < 4.78 is 23.4. The summed E-state index contributed by atoms with van der Waals surface area (Å²) in [6.45, 7) is 0. The van der Waals surface area contributed by atoms with Gasteiger partial charge in [-0.3, -0.25) is 0 Å². The molecule has 134 valence electrons. The number of nitrogens with two attached hydrogens (primary N) is 1. The van der Waals surface area contributed by atoms with Gasteiger partial charge in [-0.25, -0.2) is 9.38 Å². The summed E-state index contributed by atoms with van der Waals surface area (Å²) in [4.78, 5) is 4.48. The van der Waals surface area contributed by atoms with E-state index in [1.165, 1.54) is 12.1 Å². The molecular formula is C18H21FIN3O2. The molecule has 0 radical (unpaired) electrons. The summed E-state index contributed by atoms with van der Waals surface area (Å²) >= 11 is 0. The van der Waals surface area contributed by atoms with E-state index in [4.69, 9.17) is 15.2 Å². The lowest BCUT2D eigenvalue weighted by molar-refractivity contribution is 0.355. The van der Waals surface area contributed by atoms with Crippen LogP contribution in [-0.2, 0) is 0 Å². The Morgan fingerprint density at radius 2 is 1.80 bits per heavy atom. The van der Waals surface area contributed by atoms with Crippen molar-refractivity contribution in [2.24, 2.45) is 10.7 Å². The first-order valence-corrected chi connectivity index (χ1v) is 7.68. The van der Waals surface area contributed by atoms with Crippen LogP contribution in [0.2, 0.25) is 0 Å². The summed E-state index contributed by atoms with van der Waals surface area (Å²) in [5.74, 6) is 1.69. The molecule has 0 spiro atoms. The molecule has 2 aromatic carbocycles. The molecule has 0 bridgehead atoms. The Hall–Kier alpha value is -2.03. The van der Waals surface area contributed by atoms with Crippen molar-refractivity contribution in [3.8, 4) is 11.5 Å². The number of ether oxygens (including phenoxy) is 2. The van der Waals surface area contributed by atoms with Crippen LogP contribution in [0.1, 0.15) is 17.9 Å². The molecular weight excluding hydrogens is 436 g/mol. The zero-order valence-corrected chi connectivity index (χ0v) is 16.4. The molecule has 1 aliphatic rings. The lowest BCUT2D eigenvalue weighted by Crippen LogP contribution is -2.23. The first-order valence-electron chi connectivity index (χ1n) is 7.68. The van der Waals surface area contributed by atoms with Crippen LogP contribution in [0, 0.1) is 5.82 Å². The maximum Gasteiger partial charge on any atom is 0.193 e. The number of guanidine groups is 1. The van der Waals surface area contributed by atoms with E-state index in [1.54, 1.807) is 38.5 Å². The maximum atomic E-state index is 13.0. The molecule has 25 heavy (non-hydrogen) atoms. The number of halogens is 2. The van der Waals surface area contributed by atoms with Crippen molar-refractivity contribution in [3.63, 3.8) is 0 Å². The third kappa shape index (κ3) is 4.75. The molecule has 1 fully saturated rings. The van der Waals surface area contributed by atoms with Gasteiger partial charge in [-0.15, -0.1) is 24.0 Å². The largest absolute Gasteiger partial charge is 0.493 e. The van der Waals surface area contributed by atoms with Crippen molar-refractivity contribution < 1.29 is 13.9 Å². The monoisotopic (exact) mass is 457 g/mol. The smallest absolute Gasteiger partial charge is 0.193 e. The number of hydrogen-bond acceptors (Lipinski definition) is 3. The minimum absolute atomic E-state index is 0. The summed E-state index contributed by atoms with van der Waals surface area (Å²) in [6.07, 6.45) is 0.917. The average Bonchev–Trinajstić information content (AvgIpc) is 3.34. The zero-order chi connectivity index (χ0) is 17.1. The topological polar surface area (TPSA) is 68.9 Å². The van der Waals surface area contributed by atoms with Crippen molar-refractivity contribution in [1.29, 1.82) is 0 Å². The Morgan fingerprint density at radius 3 is 2.44 bits per heavy atom. The number of methoxy groups -OCH3 is 2. The number of hydrogen-bond donors (Lipinski definition) is 2. The lowest BCUT2D eigenvalue weighted by Gasteiger charge is -2.11. The molecule has 3 rings (SSSR count). The number of nitrogens with zero attached hydrogens (tertiary/aromatic N) is 1. The van der Waals surface area contributed by atoms with E-state index in [0.717, 1.165) is 17.7 Å². The van der Waals surface area contributed by atoms with Gasteiger partial charge in [0.2, 0.25) is 0 Å². The molecule has 5 nitrogen and oxygen atoms in total. The maximum absolute atomic E-state index is 13.0. The quantitative estimate of drug-likeness (QED) is 0.408. The van der Waals surface area contributed by atoms with Gasteiger partial charge in [0.1, 0.15) is 5.82 Å². The Bertz CT molecular complexity index is 752. The predicted octanol–water partition coefficient (Wildman–Crippen LogP) is 3.74. The molecule has 0 unspecified atom stereocenters. The fourth-order valence-corrected chi connectivity index (χ4v) is 2.67. The number of nitrogens with one attached hydrogen (secondary N) is 1. The highest BCUT2D eigenvalue weighted by Gasteiger charge is 2.38. The van der Waals surface area contributed by atoms with Gasteiger partial charge in [-0.05, 0) is 36.2 Å².